The molecule has 0 spiro atoms. The van der Waals surface area contributed by atoms with Crippen LogP contribution >= 0.6 is 0 Å². The number of aromatic nitrogens is 1. The van der Waals surface area contributed by atoms with Gasteiger partial charge in [0.15, 0.2) is 5.89 Å². The molecule has 0 amide bonds. The van der Waals surface area contributed by atoms with E-state index in [1.807, 2.05) is 12.1 Å². The molecule has 0 bridgehead atoms. The molecule has 0 saturated carbocycles. The van der Waals surface area contributed by atoms with Crippen molar-refractivity contribution in [2.75, 3.05) is 14.2 Å². The monoisotopic (exact) mass is 289 g/mol. The van der Waals surface area contributed by atoms with Crippen LogP contribution in [0, 0.1) is 0 Å². The molecule has 1 heterocycles. The molecule has 21 heavy (non-hydrogen) atoms. The molecule has 2 rings (SSSR count). The summed E-state index contributed by atoms with van der Waals surface area (Å²) in [5.74, 6) is 2.18. The highest BCUT2D eigenvalue weighted by Crippen LogP contribution is 2.22. The highest BCUT2D eigenvalue weighted by atomic mass is 16.6. The maximum Gasteiger partial charge on any atom is 0.308 e. The van der Waals surface area contributed by atoms with Crippen molar-refractivity contribution >= 4 is 0 Å². The van der Waals surface area contributed by atoms with Crippen molar-refractivity contribution in [1.82, 2.24) is 4.98 Å². The molecule has 0 aliphatic carbocycles. The highest BCUT2D eigenvalue weighted by molar-refractivity contribution is 5.27. The molecule has 0 saturated heterocycles. The first kappa shape index (κ1) is 15.4. The zero-order valence-corrected chi connectivity index (χ0v) is 13.0. The predicted molar refractivity (Wildman–Crippen MR) is 82.1 cm³/mol. The van der Waals surface area contributed by atoms with Gasteiger partial charge in [-0.25, -0.2) is 4.98 Å². The molecule has 1 aromatic carbocycles. The van der Waals surface area contributed by atoms with Gasteiger partial charge in [-0.15, -0.1) is 0 Å². The van der Waals surface area contributed by atoms with Crippen LogP contribution in [0.25, 0.3) is 0 Å². The molecule has 1 aromatic heterocycles. The molecule has 0 aliphatic rings. The Morgan fingerprint density at radius 1 is 1.00 bits per heavy atom. The molecular weight excluding hydrogens is 266 g/mol. The van der Waals surface area contributed by atoms with Crippen LogP contribution in [0.4, 0.5) is 0 Å². The SMILES string of the molecule is CCCCc1nc(CCc2ccc(OC)cc2)oc1OC. The van der Waals surface area contributed by atoms with Crippen molar-refractivity contribution in [1.29, 1.82) is 0 Å². The minimum absolute atomic E-state index is 0.563. The van der Waals surface area contributed by atoms with Gasteiger partial charge in [0.2, 0.25) is 0 Å². The largest absolute Gasteiger partial charge is 0.497 e. The van der Waals surface area contributed by atoms with E-state index in [9.17, 15) is 0 Å². The average Bonchev–Trinajstić information content (AvgIpc) is 2.93. The molecule has 4 heteroatoms. The Labute approximate surface area is 126 Å². The average molecular weight is 289 g/mol. The fraction of sp³-hybridized carbons (Fsp3) is 0.471. The number of aryl methyl sites for hydroxylation is 3. The summed E-state index contributed by atoms with van der Waals surface area (Å²) in [5, 5.41) is 0. The van der Waals surface area contributed by atoms with Crippen LogP contribution in [0.1, 0.15) is 36.9 Å². The number of oxazole rings is 1. The Morgan fingerprint density at radius 3 is 2.38 bits per heavy atom. The van der Waals surface area contributed by atoms with Gasteiger partial charge in [-0.2, -0.15) is 0 Å². The molecule has 0 unspecified atom stereocenters. The number of nitrogens with zero attached hydrogens (tertiary/aromatic N) is 1. The van der Waals surface area contributed by atoms with E-state index >= 15 is 0 Å². The first-order chi connectivity index (χ1) is 10.3. The van der Waals surface area contributed by atoms with E-state index in [4.69, 9.17) is 13.9 Å². The van der Waals surface area contributed by atoms with Crippen LogP contribution in [-0.2, 0) is 19.3 Å². The third kappa shape index (κ3) is 4.25. The first-order valence-electron chi connectivity index (χ1n) is 7.42. The Bertz CT molecular complexity index is 546. The molecular formula is C17H23NO3. The van der Waals surface area contributed by atoms with E-state index in [1.54, 1.807) is 14.2 Å². The van der Waals surface area contributed by atoms with Crippen molar-refractivity contribution in [3.63, 3.8) is 0 Å². The predicted octanol–water partition coefficient (Wildman–Crippen LogP) is 3.82. The van der Waals surface area contributed by atoms with Gasteiger partial charge in [-0.05, 0) is 37.0 Å². The van der Waals surface area contributed by atoms with Gasteiger partial charge in [0, 0.05) is 6.42 Å². The summed E-state index contributed by atoms with van der Waals surface area (Å²) in [7, 11) is 3.30. The second-order valence-electron chi connectivity index (χ2n) is 5.00. The van der Waals surface area contributed by atoms with Crippen molar-refractivity contribution in [3.8, 4) is 11.7 Å². The second-order valence-corrected chi connectivity index (χ2v) is 5.00. The Morgan fingerprint density at radius 2 is 1.76 bits per heavy atom. The van der Waals surface area contributed by atoms with Gasteiger partial charge < -0.3 is 13.9 Å². The molecule has 114 valence electrons. The quantitative estimate of drug-likeness (QED) is 0.741. The van der Waals surface area contributed by atoms with Crippen molar-refractivity contribution in [2.24, 2.45) is 0 Å². The zero-order chi connectivity index (χ0) is 15.1. The molecule has 2 aromatic rings. The topological polar surface area (TPSA) is 44.5 Å². The van der Waals surface area contributed by atoms with E-state index in [-0.39, 0.29) is 0 Å². The van der Waals surface area contributed by atoms with Gasteiger partial charge in [-0.3, -0.25) is 0 Å². The number of methoxy groups -OCH3 is 2. The summed E-state index contributed by atoms with van der Waals surface area (Å²) in [4.78, 5) is 4.55. The lowest BCUT2D eigenvalue weighted by molar-refractivity contribution is 0.290. The van der Waals surface area contributed by atoms with Crippen LogP contribution in [0.2, 0.25) is 0 Å². The van der Waals surface area contributed by atoms with Crippen LogP contribution < -0.4 is 9.47 Å². The summed E-state index contributed by atoms with van der Waals surface area (Å²) < 4.78 is 16.1. The van der Waals surface area contributed by atoms with E-state index in [1.165, 1.54) is 5.56 Å². The number of benzene rings is 1. The van der Waals surface area contributed by atoms with Crippen molar-refractivity contribution in [3.05, 3.63) is 41.4 Å². The Balaban J connectivity index is 1.97. The van der Waals surface area contributed by atoms with E-state index in [0.29, 0.717) is 5.95 Å². The minimum atomic E-state index is 0.563. The first-order valence-corrected chi connectivity index (χ1v) is 7.42. The summed E-state index contributed by atoms with van der Waals surface area (Å²) >= 11 is 0. The summed E-state index contributed by atoms with van der Waals surface area (Å²) in [5.41, 5.74) is 2.17. The third-order valence-corrected chi connectivity index (χ3v) is 3.44. The van der Waals surface area contributed by atoms with Crippen LogP contribution in [0.3, 0.4) is 0 Å². The number of rotatable bonds is 8. The fourth-order valence-electron chi connectivity index (χ4n) is 2.20. The molecule has 0 radical (unpaired) electrons. The normalized spacial score (nSPS) is 10.6. The van der Waals surface area contributed by atoms with Crippen LogP contribution in [0.5, 0.6) is 11.7 Å². The van der Waals surface area contributed by atoms with Crippen LogP contribution in [-0.4, -0.2) is 19.2 Å². The van der Waals surface area contributed by atoms with Crippen molar-refractivity contribution < 1.29 is 13.9 Å². The number of hydrogen-bond acceptors (Lipinski definition) is 4. The molecule has 0 aliphatic heterocycles. The maximum absolute atomic E-state index is 5.67. The van der Waals surface area contributed by atoms with Gasteiger partial charge in [-0.1, -0.05) is 25.5 Å². The molecule has 0 N–H and O–H groups in total. The van der Waals surface area contributed by atoms with E-state index in [2.05, 4.69) is 24.0 Å². The fourth-order valence-corrected chi connectivity index (χ4v) is 2.20. The smallest absolute Gasteiger partial charge is 0.308 e. The number of unbranched alkanes of at least 4 members (excludes halogenated alkanes) is 1. The van der Waals surface area contributed by atoms with Crippen LogP contribution in [0.15, 0.2) is 28.7 Å². The Kier molecular flexibility index (Phi) is 5.67. The Hall–Kier alpha value is -1.97. The van der Waals surface area contributed by atoms with Gasteiger partial charge >= 0.3 is 5.95 Å². The third-order valence-electron chi connectivity index (χ3n) is 3.44. The standard InChI is InChI=1S/C17H23NO3/c1-4-5-6-15-17(20-3)21-16(18-15)12-9-13-7-10-14(19-2)11-8-13/h7-8,10-11H,4-6,9,12H2,1-3H3. The summed E-state index contributed by atoms with van der Waals surface area (Å²) in [6, 6.07) is 8.07. The molecule has 0 atom stereocenters. The lowest BCUT2D eigenvalue weighted by atomic mass is 10.1. The zero-order valence-electron chi connectivity index (χ0n) is 13.0. The molecule has 0 fully saturated rings. The number of hydrogen-bond donors (Lipinski definition) is 0. The summed E-state index contributed by atoms with van der Waals surface area (Å²) in [6.07, 6.45) is 4.80. The van der Waals surface area contributed by atoms with E-state index in [0.717, 1.165) is 49.4 Å². The van der Waals surface area contributed by atoms with Gasteiger partial charge in [0.25, 0.3) is 0 Å². The summed E-state index contributed by atoms with van der Waals surface area (Å²) in [6.45, 7) is 2.16. The van der Waals surface area contributed by atoms with E-state index < -0.39 is 0 Å². The van der Waals surface area contributed by atoms with Gasteiger partial charge in [0.05, 0.1) is 14.2 Å². The van der Waals surface area contributed by atoms with Crippen molar-refractivity contribution in [2.45, 2.75) is 39.0 Å². The second kappa shape index (κ2) is 7.72. The number of ether oxygens (including phenoxy) is 2. The lowest BCUT2D eigenvalue weighted by Crippen LogP contribution is -1.93. The highest BCUT2D eigenvalue weighted by Gasteiger charge is 2.13. The van der Waals surface area contributed by atoms with Gasteiger partial charge in [0.1, 0.15) is 11.4 Å². The lowest BCUT2D eigenvalue weighted by Gasteiger charge is -2.01. The maximum atomic E-state index is 5.67. The molecule has 4 nitrogen and oxygen atoms in total. The minimum Gasteiger partial charge on any atom is -0.497 e.